The fourth-order valence-corrected chi connectivity index (χ4v) is 4.71. The van der Waals surface area contributed by atoms with Crippen LogP contribution in [-0.2, 0) is 14.4 Å². The summed E-state index contributed by atoms with van der Waals surface area (Å²) in [6.45, 7) is -0.134. The summed E-state index contributed by atoms with van der Waals surface area (Å²) in [5.74, 6) is -2.25. The molecule has 2 aromatic rings. The summed E-state index contributed by atoms with van der Waals surface area (Å²) >= 11 is 0. The Kier molecular flexibility index (Phi) is 6.54. The molecule has 1 aliphatic heterocycles. The molecule has 1 aliphatic carbocycles. The van der Waals surface area contributed by atoms with Crippen molar-refractivity contribution in [3.05, 3.63) is 48.0 Å². The second-order valence-corrected chi connectivity index (χ2v) is 9.11. The first-order chi connectivity index (χ1) is 16.2. The predicted molar refractivity (Wildman–Crippen MR) is 124 cm³/mol. The molecule has 4 rings (SSSR count). The molecule has 2 fully saturated rings. The molecular formula is C24H29N5O5. The van der Waals surface area contributed by atoms with Gasteiger partial charge in [-0.3, -0.25) is 19.2 Å². The molecule has 7 N–H and O–H groups in total. The van der Waals surface area contributed by atoms with Crippen LogP contribution in [0.1, 0.15) is 36.0 Å². The monoisotopic (exact) mass is 467 g/mol. The van der Waals surface area contributed by atoms with Gasteiger partial charge in [0.1, 0.15) is 6.04 Å². The summed E-state index contributed by atoms with van der Waals surface area (Å²) in [7, 11) is 0. The van der Waals surface area contributed by atoms with Gasteiger partial charge < -0.3 is 32.1 Å². The molecule has 1 saturated carbocycles. The number of fused-ring (bicyclic) bond motifs is 1. The van der Waals surface area contributed by atoms with Crippen LogP contribution in [0.3, 0.4) is 0 Å². The summed E-state index contributed by atoms with van der Waals surface area (Å²) in [5, 5.41) is 17.5. The molecule has 10 heteroatoms. The van der Waals surface area contributed by atoms with Crippen molar-refractivity contribution in [3.8, 4) is 0 Å². The van der Waals surface area contributed by atoms with Crippen LogP contribution in [0.5, 0.6) is 0 Å². The molecule has 4 amide bonds. The average molecular weight is 468 g/mol. The number of aliphatic hydroxyl groups is 1. The molecule has 2 aliphatic rings. The van der Waals surface area contributed by atoms with Crippen LogP contribution in [0.4, 0.5) is 0 Å². The smallest absolute Gasteiger partial charge is 0.251 e. The number of nitrogens with two attached hydrogens (primary N) is 2. The molecule has 3 unspecified atom stereocenters. The molecule has 1 saturated heterocycles. The van der Waals surface area contributed by atoms with Crippen LogP contribution in [0.2, 0.25) is 0 Å². The van der Waals surface area contributed by atoms with Crippen molar-refractivity contribution in [3.63, 3.8) is 0 Å². The number of hydrogen-bond acceptors (Lipinski definition) is 6. The van der Waals surface area contributed by atoms with E-state index in [0.717, 1.165) is 17.2 Å². The molecular weight excluding hydrogens is 438 g/mol. The standard InChI is InChI=1S/C24H29N5O5/c25-17-11-18(23(34)28-24(8-3-9-24)20(31)21(26)32)29(13-17)19(30)12-27-22(33)16-7-6-14-4-1-2-5-15(14)10-16/h1-2,4-7,10,17-18,20,31H,3,8-9,11-13,25H2,(H2,26,32)(H,27,33)(H,28,34). The van der Waals surface area contributed by atoms with Crippen LogP contribution < -0.4 is 22.1 Å². The van der Waals surface area contributed by atoms with Gasteiger partial charge in [-0.05, 0) is 48.6 Å². The highest BCUT2D eigenvalue weighted by atomic mass is 16.3. The van der Waals surface area contributed by atoms with Crippen molar-refractivity contribution in [2.75, 3.05) is 13.1 Å². The lowest BCUT2D eigenvalue weighted by molar-refractivity contribution is -0.143. The number of amides is 4. The fourth-order valence-electron chi connectivity index (χ4n) is 4.71. The Morgan fingerprint density at radius 1 is 1.12 bits per heavy atom. The molecule has 0 spiro atoms. The Balaban J connectivity index is 1.39. The highest BCUT2D eigenvalue weighted by Crippen LogP contribution is 2.35. The number of carbonyl (C=O) groups is 4. The normalized spacial score (nSPS) is 22.0. The maximum absolute atomic E-state index is 13.0. The molecule has 10 nitrogen and oxygen atoms in total. The fraction of sp³-hybridized carbons (Fsp3) is 0.417. The first-order valence-electron chi connectivity index (χ1n) is 11.3. The van der Waals surface area contributed by atoms with Gasteiger partial charge in [0, 0.05) is 18.2 Å². The second-order valence-electron chi connectivity index (χ2n) is 9.11. The largest absolute Gasteiger partial charge is 0.381 e. The maximum atomic E-state index is 13.0. The van der Waals surface area contributed by atoms with Crippen molar-refractivity contribution < 1.29 is 24.3 Å². The number of benzene rings is 2. The number of aliphatic hydroxyl groups excluding tert-OH is 1. The first kappa shape index (κ1) is 23.7. The minimum absolute atomic E-state index is 0.161. The van der Waals surface area contributed by atoms with Crippen molar-refractivity contribution in [1.82, 2.24) is 15.5 Å². The molecule has 1 heterocycles. The van der Waals surface area contributed by atoms with E-state index in [2.05, 4.69) is 10.6 Å². The van der Waals surface area contributed by atoms with E-state index < -0.39 is 47.4 Å². The number of nitrogens with zero attached hydrogens (tertiary/aromatic N) is 1. The van der Waals surface area contributed by atoms with Crippen LogP contribution in [0, 0.1) is 0 Å². The Bertz CT molecular complexity index is 1130. The zero-order valence-electron chi connectivity index (χ0n) is 18.7. The van der Waals surface area contributed by atoms with Crippen LogP contribution in [0.25, 0.3) is 10.8 Å². The van der Waals surface area contributed by atoms with Crippen LogP contribution >= 0.6 is 0 Å². The van der Waals surface area contributed by atoms with Crippen molar-refractivity contribution >= 4 is 34.4 Å². The summed E-state index contributed by atoms with van der Waals surface area (Å²) < 4.78 is 0. The first-order valence-corrected chi connectivity index (χ1v) is 11.3. The van der Waals surface area contributed by atoms with Crippen molar-refractivity contribution in [1.29, 1.82) is 0 Å². The van der Waals surface area contributed by atoms with Gasteiger partial charge in [-0.2, -0.15) is 0 Å². The average Bonchev–Trinajstić information content (AvgIpc) is 3.20. The van der Waals surface area contributed by atoms with Gasteiger partial charge in [-0.15, -0.1) is 0 Å². The van der Waals surface area contributed by atoms with E-state index in [-0.39, 0.29) is 19.5 Å². The SMILES string of the molecule is NC(=O)C(O)C1(NC(=O)C2CC(N)CN2C(=O)CNC(=O)c2ccc3ccccc3c2)CCC1. The number of nitrogens with one attached hydrogen (secondary N) is 2. The van der Waals surface area contributed by atoms with E-state index in [1.807, 2.05) is 30.3 Å². The third-order valence-corrected chi connectivity index (χ3v) is 6.78. The lowest BCUT2D eigenvalue weighted by Gasteiger charge is -2.45. The van der Waals surface area contributed by atoms with Gasteiger partial charge in [0.2, 0.25) is 17.7 Å². The molecule has 3 atom stereocenters. The van der Waals surface area contributed by atoms with E-state index in [9.17, 15) is 24.3 Å². The number of carbonyl (C=O) groups excluding carboxylic acids is 4. The molecule has 0 radical (unpaired) electrons. The second kappa shape index (κ2) is 9.40. The lowest BCUT2D eigenvalue weighted by Crippen LogP contribution is -2.66. The molecule has 0 bridgehead atoms. The lowest BCUT2D eigenvalue weighted by atomic mass is 9.72. The third kappa shape index (κ3) is 4.59. The highest BCUT2D eigenvalue weighted by molar-refractivity contribution is 6.00. The summed E-state index contributed by atoms with van der Waals surface area (Å²) in [4.78, 5) is 51.4. The minimum atomic E-state index is -1.51. The van der Waals surface area contributed by atoms with E-state index in [1.165, 1.54) is 4.90 Å². The number of rotatable bonds is 7. The Labute approximate surface area is 196 Å². The predicted octanol–water partition coefficient (Wildman–Crippen LogP) is -0.617. The molecule has 34 heavy (non-hydrogen) atoms. The topological polar surface area (TPSA) is 168 Å². The Morgan fingerprint density at radius 3 is 2.47 bits per heavy atom. The number of hydrogen-bond donors (Lipinski definition) is 5. The van der Waals surface area contributed by atoms with Gasteiger partial charge >= 0.3 is 0 Å². The Morgan fingerprint density at radius 2 is 1.82 bits per heavy atom. The van der Waals surface area contributed by atoms with E-state index in [1.54, 1.807) is 12.1 Å². The van der Waals surface area contributed by atoms with Gasteiger partial charge in [0.15, 0.2) is 6.10 Å². The van der Waals surface area contributed by atoms with Crippen LogP contribution in [0.15, 0.2) is 42.5 Å². The van der Waals surface area contributed by atoms with E-state index in [0.29, 0.717) is 18.4 Å². The van der Waals surface area contributed by atoms with Crippen LogP contribution in [-0.4, -0.2) is 70.5 Å². The van der Waals surface area contributed by atoms with Gasteiger partial charge in [-0.25, -0.2) is 0 Å². The van der Waals surface area contributed by atoms with Gasteiger partial charge in [0.25, 0.3) is 5.91 Å². The highest BCUT2D eigenvalue weighted by Gasteiger charge is 2.49. The summed E-state index contributed by atoms with van der Waals surface area (Å²) in [6.07, 6.45) is 0.289. The number of primary amides is 1. The summed E-state index contributed by atoms with van der Waals surface area (Å²) in [5.41, 5.74) is 10.6. The summed E-state index contributed by atoms with van der Waals surface area (Å²) in [6, 6.07) is 11.6. The van der Waals surface area contributed by atoms with Crippen molar-refractivity contribution in [2.45, 2.75) is 49.4 Å². The van der Waals surface area contributed by atoms with E-state index >= 15 is 0 Å². The quantitative estimate of drug-likeness (QED) is 0.364. The molecule has 0 aromatic heterocycles. The zero-order chi connectivity index (χ0) is 24.5. The molecule has 180 valence electrons. The third-order valence-electron chi connectivity index (χ3n) is 6.78. The zero-order valence-corrected chi connectivity index (χ0v) is 18.7. The van der Waals surface area contributed by atoms with Gasteiger partial charge in [-0.1, -0.05) is 30.3 Å². The van der Waals surface area contributed by atoms with E-state index in [4.69, 9.17) is 11.5 Å². The maximum Gasteiger partial charge on any atom is 0.251 e. The van der Waals surface area contributed by atoms with Gasteiger partial charge in [0.05, 0.1) is 12.1 Å². The minimum Gasteiger partial charge on any atom is -0.381 e. The Hall–Kier alpha value is -3.50. The van der Waals surface area contributed by atoms with Crippen molar-refractivity contribution in [2.24, 2.45) is 11.5 Å². The molecule has 2 aromatic carbocycles. The number of likely N-dealkylation sites (tertiary alicyclic amines) is 1.